The summed E-state index contributed by atoms with van der Waals surface area (Å²) < 4.78 is -0.149. The van der Waals surface area contributed by atoms with E-state index in [4.69, 9.17) is 0 Å². The fourth-order valence-corrected chi connectivity index (χ4v) is 6.77. The number of fused-ring (bicyclic) bond motifs is 2. The smallest absolute Gasteiger partial charge is 0.0711 e. The molecule has 26 heavy (non-hydrogen) atoms. The first kappa shape index (κ1) is 16.1. The highest BCUT2D eigenvalue weighted by Crippen LogP contribution is 2.70. The molecule has 0 aliphatic heterocycles. The van der Waals surface area contributed by atoms with E-state index in [0.29, 0.717) is 11.8 Å². The second-order valence-corrected chi connectivity index (χ2v) is 8.70. The minimum Gasteiger partial charge on any atom is -0.0838 e. The predicted octanol–water partition coefficient (Wildman–Crippen LogP) is 6.47. The van der Waals surface area contributed by atoms with Crippen molar-refractivity contribution in [1.29, 1.82) is 0 Å². The van der Waals surface area contributed by atoms with Crippen LogP contribution in [-0.2, 0) is 9.74 Å². The summed E-state index contributed by atoms with van der Waals surface area (Å²) in [4.78, 5) is 0. The van der Waals surface area contributed by atoms with Crippen LogP contribution in [0.25, 0.3) is 0 Å². The summed E-state index contributed by atoms with van der Waals surface area (Å²) in [5, 5.41) is 0. The van der Waals surface area contributed by atoms with Gasteiger partial charge in [0, 0.05) is 5.41 Å². The Kier molecular flexibility index (Phi) is 3.68. The van der Waals surface area contributed by atoms with E-state index >= 15 is 0 Å². The number of hydrogen-bond acceptors (Lipinski definition) is 0. The fourth-order valence-electron chi connectivity index (χ4n) is 5.42. The van der Waals surface area contributed by atoms with Crippen molar-refractivity contribution in [2.75, 3.05) is 0 Å². The zero-order valence-electron chi connectivity index (χ0n) is 14.6. The summed E-state index contributed by atoms with van der Waals surface area (Å²) in [7, 11) is 0. The number of rotatable bonds is 3. The van der Waals surface area contributed by atoms with E-state index in [1.54, 1.807) is 0 Å². The summed E-state index contributed by atoms with van der Waals surface area (Å²) in [6.45, 7) is 0. The van der Waals surface area contributed by atoms with Crippen molar-refractivity contribution < 1.29 is 0 Å². The number of hydrogen-bond donors (Lipinski definition) is 0. The third-order valence-corrected chi connectivity index (χ3v) is 8.05. The van der Waals surface area contributed by atoms with Gasteiger partial charge in [0.1, 0.15) is 0 Å². The van der Waals surface area contributed by atoms with Crippen molar-refractivity contribution in [3.05, 3.63) is 120 Å². The normalized spacial score (nSPS) is 28.3. The summed E-state index contributed by atoms with van der Waals surface area (Å²) in [6.07, 6.45) is 6.06. The zero-order chi connectivity index (χ0) is 17.6. The molecule has 0 N–H and O–H groups in total. The molecule has 0 saturated heterocycles. The lowest BCUT2D eigenvalue weighted by molar-refractivity contribution is 0.351. The van der Waals surface area contributed by atoms with Gasteiger partial charge >= 0.3 is 0 Å². The zero-order valence-corrected chi connectivity index (χ0v) is 16.1. The maximum atomic E-state index is 4.36. The van der Waals surface area contributed by atoms with Crippen molar-refractivity contribution >= 4 is 15.9 Å². The van der Waals surface area contributed by atoms with Gasteiger partial charge in [0.15, 0.2) is 0 Å². The Hall–Kier alpha value is -2.12. The van der Waals surface area contributed by atoms with E-state index in [2.05, 4.69) is 119 Å². The summed E-state index contributed by atoms with van der Waals surface area (Å²) in [5.74, 6) is 0.965. The van der Waals surface area contributed by atoms with Gasteiger partial charge in [-0.15, -0.1) is 0 Å². The first-order valence-corrected chi connectivity index (χ1v) is 10.1. The van der Waals surface area contributed by atoms with Crippen molar-refractivity contribution in [1.82, 2.24) is 0 Å². The van der Waals surface area contributed by atoms with Crippen LogP contribution in [0, 0.1) is 11.8 Å². The van der Waals surface area contributed by atoms with Crippen LogP contribution < -0.4 is 0 Å². The van der Waals surface area contributed by atoms with Crippen LogP contribution in [0.15, 0.2) is 103 Å². The Balaban J connectivity index is 1.87. The molecule has 3 unspecified atom stereocenters. The maximum absolute atomic E-state index is 4.36. The Morgan fingerprint density at radius 2 is 1.00 bits per heavy atom. The van der Waals surface area contributed by atoms with Gasteiger partial charge in [-0.3, -0.25) is 0 Å². The minimum absolute atomic E-state index is 0.115. The highest BCUT2D eigenvalue weighted by Gasteiger charge is 2.66. The second kappa shape index (κ2) is 5.96. The lowest BCUT2D eigenvalue weighted by Gasteiger charge is -2.50. The van der Waals surface area contributed by atoms with Crippen LogP contribution in [0.1, 0.15) is 23.1 Å². The molecule has 2 aliphatic carbocycles. The molecule has 1 fully saturated rings. The molecule has 0 radical (unpaired) electrons. The van der Waals surface area contributed by atoms with E-state index in [1.807, 2.05) is 0 Å². The Morgan fingerprint density at radius 3 is 1.50 bits per heavy atom. The molecule has 5 rings (SSSR count). The quantitative estimate of drug-likeness (QED) is 0.349. The lowest BCUT2D eigenvalue weighted by Crippen LogP contribution is -2.49. The van der Waals surface area contributed by atoms with Gasteiger partial charge in [0.05, 0.1) is 4.32 Å². The molecule has 0 nitrogen and oxygen atoms in total. The molecule has 3 atom stereocenters. The standard InChI is InChI=1S/C25H21Br/c26-25(21-14-8-3-9-15-21)23-17-16-22(18-23)24(25,19-10-4-1-5-11-19)20-12-6-2-7-13-20/h1-17,22-23H,18H2. The van der Waals surface area contributed by atoms with Crippen molar-refractivity contribution in [2.45, 2.75) is 16.2 Å². The van der Waals surface area contributed by atoms with E-state index in [9.17, 15) is 0 Å². The van der Waals surface area contributed by atoms with Crippen LogP contribution in [0.2, 0.25) is 0 Å². The highest BCUT2D eigenvalue weighted by atomic mass is 79.9. The number of alkyl halides is 1. The highest BCUT2D eigenvalue weighted by molar-refractivity contribution is 9.09. The number of allylic oxidation sites excluding steroid dienone is 2. The van der Waals surface area contributed by atoms with Gasteiger partial charge in [-0.1, -0.05) is 119 Å². The van der Waals surface area contributed by atoms with Gasteiger partial charge in [0.2, 0.25) is 0 Å². The Morgan fingerprint density at radius 1 is 0.577 bits per heavy atom. The van der Waals surface area contributed by atoms with Crippen LogP contribution in [0.5, 0.6) is 0 Å². The van der Waals surface area contributed by atoms with Crippen molar-refractivity contribution in [2.24, 2.45) is 11.8 Å². The number of halogens is 1. The first-order chi connectivity index (χ1) is 12.8. The Labute approximate surface area is 163 Å². The molecule has 1 saturated carbocycles. The summed E-state index contributed by atoms with van der Waals surface area (Å²) in [6, 6.07) is 33.1. The molecule has 2 bridgehead atoms. The largest absolute Gasteiger partial charge is 0.0838 e. The molecular formula is C25H21Br. The third kappa shape index (κ3) is 1.95. The minimum atomic E-state index is -0.149. The van der Waals surface area contributed by atoms with Gasteiger partial charge in [-0.2, -0.15) is 0 Å². The number of benzene rings is 3. The Bertz CT molecular complexity index is 890. The molecule has 0 heterocycles. The van der Waals surface area contributed by atoms with E-state index in [-0.39, 0.29) is 9.74 Å². The van der Waals surface area contributed by atoms with Crippen LogP contribution in [0.3, 0.4) is 0 Å². The van der Waals surface area contributed by atoms with Crippen LogP contribution in [0.4, 0.5) is 0 Å². The van der Waals surface area contributed by atoms with Crippen LogP contribution in [-0.4, -0.2) is 0 Å². The second-order valence-electron chi connectivity index (χ2n) is 7.45. The third-order valence-electron chi connectivity index (χ3n) is 6.38. The molecule has 3 aromatic carbocycles. The van der Waals surface area contributed by atoms with E-state index < -0.39 is 0 Å². The van der Waals surface area contributed by atoms with E-state index in [1.165, 1.54) is 23.1 Å². The topological polar surface area (TPSA) is 0 Å². The van der Waals surface area contributed by atoms with Crippen molar-refractivity contribution in [3.8, 4) is 0 Å². The fraction of sp³-hybridized carbons (Fsp3) is 0.200. The molecule has 2 aliphatic rings. The summed E-state index contributed by atoms with van der Waals surface area (Å²) in [5.41, 5.74) is 4.04. The molecule has 1 heteroatoms. The molecule has 0 aromatic heterocycles. The molecule has 128 valence electrons. The SMILES string of the molecule is BrC1(c2ccccc2)C2C=CC(C2)C1(c1ccccc1)c1ccccc1. The monoisotopic (exact) mass is 400 g/mol. The molecule has 0 spiro atoms. The van der Waals surface area contributed by atoms with Gasteiger partial charge < -0.3 is 0 Å². The molecule has 3 aromatic rings. The average molecular weight is 401 g/mol. The summed E-state index contributed by atoms with van der Waals surface area (Å²) >= 11 is 4.36. The van der Waals surface area contributed by atoms with Crippen LogP contribution >= 0.6 is 15.9 Å². The van der Waals surface area contributed by atoms with E-state index in [0.717, 1.165) is 0 Å². The predicted molar refractivity (Wildman–Crippen MR) is 111 cm³/mol. The van der Waals surface area contributed by atoms with Gasteiger partial charge in [0.25, 0.3) is 0 Å². The lowest BCUT2D eigenvalue weighted by atomic mass is 9.58. The van der Waals surface area contributed by atoms with Gasteiger partial charge in [-0.05, 0) is 34.9 Å². The molecular weight excluding hydrogens is 380 g/mol. The maximum Gasteiger partial charge on any atom is 0.0711 e. The molecule has 0 amide bonds. The first-order valence-electron chi connectivity index (χ1n) is 9.31. The average Bonchev–Trinajstić information content (AvgIpc) is 3.30. The van der Waals surface area contributed by atoms with Crippen molar-refractivity contribution in [3.63, 3.8) is 0 Å². The van der Waals surface area contributed by atoms with Gasteiger partial charge in [-0.25, -0.2) is 0 Å².